The van der Waals surface area contributed by atoms with Crippen molar-refractivity contribution in [1.29, 1.82) is 0 Å². The Labute approximate surface area is 186 Å². The minimum atomic E-state index is -0.665. The van der Waals surface area contributed by atoms with Crippen LogP contribution >= 0.6 is 11.8 Å². The van der Waals surface area contributed by atoms with E-state index >= 15 is 0 Å². The zero-order chi connectivity index (χ0) is 21.1. The Hall–Kier alpha value is -0.790. The molecule has 170 valence electrons. The number of rotatable bonds is 7. The van der Waals surface area contributed by atoms with Crippen molar-refractivity contribution >= 4 is 23.7 Å². The lowest BCUT2D eigenvalue weighted by Crippen LogP contribution is -2.57. The van der Waals surface area contributed by atoms with Crippen LogP contribution in [0.3, 0.4) is 0 Å². The molecule has 4 heterocycles. The van der Waals surface area contributed by atoms with Crippen LogP contribution < -0.4 is 5.32 Å². The maximum Gasteiger partial charge on any atom is 0.325 e. The summed E-state index contributed by atoms with van der Waals surface area (Å²) < 4.78 is 0. The highest BCUT2D eigenvalue weighted by Crippen LogP contribution is 2.38. The predicted molar refractivity (Wildman–Crippen MR) is 123 cm³/mol. The maximum absolute atomic E-state index is 13.6. The average Bonchev–Trinajstić information content (AvgIpc) is 3.28. The van der Waals surface area contributed by atoms with Crippen molar-refractivity contribution in [3.05, 3.63) is 0 Å². The first kappa shape index (κ1) is 22.4. The van der Waals surface area contributed by atoms with Crippen molar-refractivity contribution in [2.24, 2.45) is 5.92 Å². The van der Waals surface area contributed by atoms with Gasteiger partial charge in [0.05, 0.1) is 0 Å². The van der Waals surface area contributed by atoms with Gasteiger partial charge in [0.1, 0.15) is 5.54 Å². The molecule has 4 aliphatic rings. The summed E-state index contributed by atoms with van der Waals surface area (Å²) in [5, 5.41) is 3.22. The van der Waals surface area contributed by atoms with Crippen LogP contribution in [0.25, 0.3) is 0 Å². The van der Waals surface area contributed by atoms with Crippen LogP contribution in [0, 0.1) is 5.92 Å². The molecule has 0 bridgehead atoms. The number of hydrogen-bond acceptors (Lipinski definition) is 5. The Bertz CT molecular complexity index is 618. The number of piperidine rings is 1. The van der Waals surface area contributed by atoms with E-state index in [1.54, 1.807) is 4.90 Å². The topological polar surface area (TPSA) is 55.9 Å². The maximum atomic E-state index is 13.6. The Kier molecular flexibility index (Phi) is 7.31. The van der Waals surface area contributed by atoms with Gasteiger partial charge < -0.3 is 15.1 Å². The first-order chi connectivity index (χ1) is 14.5. The molecular weight excluding hydrogens is 396 g/mol. The lowest BCUT2D eigenvalue weighted by Gasteiger charge is -2.44. The van der Waals surface area contributed by atoms with Gasteiger partial charge in [-0.1, -0.05) is 13.3 Å². The van der Waals surface area contributed by atoms with Gasteiger partial charge in [0.15, 0.2) is 0 Å². The van der Waals surface area contributed by atoms with E-state index in [2.05, 4.69) is 40.8 Å². The molecule has 30 heavy (non-hydrogen) atoms. The Balaban J connectivity index is 1.39. The van der Waals surface area contributed by atoms with E-state index < -0.39 is 5.54 Å². The molecule has 1 N–H and O–H groups in total. The summed E-state index contributed by atoms with van der Waals surface area (Å²) in [4.78, 5) is 33.1. The quantitative estimate of drug-likeness (QED) is 0.621. The molecular formula is C23H40N4O2S. The van der Waals surface area contributed by atoms with E-state index in [0.29, 0.717) is 12.6 Å². The molecule has 4 aliphatic heterocycles. The molecule has 0 radical (unpaired) electrons. The lowest BCUT2D eigenvalue weighted by atomic mass is 9.74. The van der Waals surface area contributed by atoms with Crippen LogP contribution in [-0.2, 0) is 4.79 Å². The molecule has 0 aromatic heterocycles. The largest absolute Gasteiger partial charge is 0.325 e. The van der Waals surface area contributed by atoms with Gasteiger partial charge in [-0.2, -0.15) is 11.8 Å². The third-order valence-electron chi connectivity index (χ3n) is 8.14. The lowest BCUT2D eigenvalue weighted by molar-refractivity contribution is -0.134. The van der Waals surface area contributed by atoms with Gasteiger partial charge in [-0.3, -0.25) is 9.69 Å². The Morgan fingerprint density at radius 3 is 2.43 bits per heavy atom. The fourth-order valence-electron chi connectivity index (χ4n) is 6.32. The molecule has 7 heteroatoms. The molecule has 6 nitrogen and oxygen atoms in total. The van der Waals surface area contributed by atoms with Gasteiger partial charge in [-0.05, 0) is 95.5 Å². The van der Waals surface area contributed by atoms with Gasteiger partial charge in [0.25, 0.3) is 5.91 Å². The zero-order valence-electron chi connectivity index (χ0n) is 18.9. The smallest absolute Gasteiger partial charge is 0.323 e. The molecule has 2 unspecified atom stereocenters. The highest BCUT2D eigenvalue weighted by molar-refractivity contribution is 7.99. The minimum Gasteiger partial charge on any atom is -0.323 e. The van der Waals surface area contributed by atoms with Gasteiger partial charge in [-0.25, -0.2) is 4.79 Å². The number of nitrogens with zero attached hydrogens (tertiary/aromatic N) is 3. The number of thioether (sulfide) groups is 1. The van der Waals surface area contributed by atoms with E-state index in [9.17, 15) is 9.59 Å². The van der Waals surface area contributed by atoms with E-state index in [-0.39, 0.29) is 17.9 Å². The zero-order valence-corrected chi connectivity index (χ0v) is 19.7. The SMILES string of the molecule is CCCC1(C2CCN(C3CCSCC3)CC2)NC(=O)N(CCC2CCCN2C)C1=O. The Morgan fingerprint density at radius 1 is 1.07 bits per heavy atom. The fourth-order valence-corrected chi connectivity index (χ4v) is 7.40. The van der Waals surface area contributed by atoms with Crippen molar-refractivity contribution in [2.45, 2.75) is 82.3 Å². The monoisotopic (exact) mass is 436 g/mol. The molecule has 4 fully saturated rings. The van der Waals surface area contributed by atoms with Crippen LogP contribution in [0.15, 0.2) is 0 Å². The number of nitrogens with one attached hydrogen (secondary N) is 1. The van der Waals surface area contributed by atoms with Crippen molar-refractivity contribution in [2.75, 3.05) is 44.7 Å². The number of urea groups is 1. The van der Waals surface area contributed by atoms with Crippen LogP contribution in [0.1, 0.15) is 64.7 Å². The van der Waals surface area contributed by atoms with Crippen molar-refractivity contribution in [1.82, 2.24) is 20.0 Å². The van der Waals surface area contributed by atoms with Crippen molar-refractivity contribution in [3.63, 3.8) is 0 Å². The normalized spacial score (nSPS) is 32.9. The number of likely N-dealkylation sites (tertiary alicyclic amines) is 2. The summed E-state index contributed by atoms with van der Waals surface area (Å²) in [7, 11) is 2.16. The van der Waals surface area contributed by atoms with Crippen LogP contribution in [0.2, 0.25) is 0 Å². The summed E-state index contributed by atoms with van der Waals surface area (Å²) >= 11 is 2.08. The van der Waals surface area contributed by atoms with Crippen LogP contribution in [0.5, 0.6) is 0 Å². The summed E-state index contributed by atoms with van der Waals surface area (Å²) in [5.74, 6) is 2.89. The molecule has 2 atom stereocenters. The van der Waals surface area contributed by atoms with Crippen molar-refractivity contribution < 1.29 is 9.59 Å². The molecule has 3 amide bonds. The molecule has 0 spiro atoms. The molecule has 4 rings (SSSR count). The number of carbonyl (C=O) groups excluding carboxylic acids is 2. The van der Waals surface area contributed by atoms with Gasteiger partial charge in [-0.15, -0.1) is 0 Å². The molecule has 0 saturated carbocycles. The van der Waals surface area contributed by atoms with E-state index in [4.69, 9.17) is 0 Å². The number of carbonyl (C=O) groups is 2. The molecule has 0 aliphatic carbocycles. The summed E-state index contributed by atoms with van der Waals surface area (Å²) in [5.41, 5.74) is -0.665. The second-order valence-electron chi connectivity index (χ2n) is 9.83. The molecule has 0 aromatic rings. The van der Waals surface area contributed by atoms with Gasteiger partial charge >= 0.3 is 6.03 Å². The van der Waals surface area contributed by atoms with Crippen LogP contribution in [0.4, 0.5) is 4.79 Å². The number of amides is 3. The first-order valence-electron chi connectivity index (χ1n) is 12.2. The highest BCUT2D eigenvalue weighted by atomic mass is 32.2. The molecule has 0 aromatic carbocycles. The van der Waals surface area contributed by atoms with Crippen molar-refractivity contribution in [3.8, 4) is 0 Å². The average molecular weight is 437 g/mol. The third-order valence-corrected chi connectivity index (χ3v) is 9.19. The predicted octanol–water partition coefficient (Wildman–Crippen LogP) is 3.17. The van der Waals surface area contributed by atoms with Gasteiger partial charge in [0, 0.05) is 18.6 Å². The highest BCUT2D eigenvalue weighted by Gasteiger charge is 2.55. The van der Waals surface area contributed by atoms with E-state index in [1.165, 1.54) is 37.2 Å². The Morgan fingerprint density at radius 2 is 1.80 bits per heavy atom. The fraction of sp³-hybridized carbons (Fsp3) is 0.913. The summed E-state index contributed by atoms with van der Waals surface area (Å²) in [6.07, 6.45) is 9.63. The van der Waals surface area contributed by atoms with Crippen LogP contribution in [-0.4, -0.2) is 89.0 Å². The third kappa shape index (κ3) is 4.40. The second kappa shape index (κ2) is 9.78. The minimum absolute atomic E-state index is 0.0579. The molecule has 4 saturated heterocycles. The first-order valence-corrected chi connectivity index (χ1v) is 13.4. The standard InChI is InChI=1S/C23H40N4O2S/c1-3-11-23(18-6-13-26(14-7-18)20-9-16-30-17-10-20)21(28)27(22(29)24-23)15-8-19-5-4-12-25(19)2/h18-20H,3-17H2,1-2H3,(H,24,29). The summed E-state index contributed by atoms with van der Waals surface area (Å²) in [6.45, 7) is 5.96. The summed E-state index contributed by atoms with van der Waals surface area (Å²) in [6, 6.07) is 1.08. The van der Waals surface area contributed by atoms with E-state index in [0.717, 1.165) is 57.8 Å². The van der Waals surface area contributed by atoms with Gasteiger partial charge in [0.2, 0.25) is 0 Å². The number of imide groups is 1. The van der Waals surface area contributed by atoms with E-state index in [1.807, 2.05) is 0 Å². The second-order valence-corrected chi connectivity index (χ2v) is 11.1. The number of hydrogen-bond donors (Lipinski definition) is 1.